The molecule has 1 amide bonds. The zero-order valence-corrected chi connectivity index (χ0v) is 15.9. The molecule has 0 radical (unpaired) electrons. The summed E-state index contributed by atoms with van der Waals surface area (Å²) in [6.45, 7) is 3.07. The smallest absolute Gasteiger partial charge is 0.222 e. The predicted molar refractivity (Wildman–Crippen MR) is 101 cm³/mol. The van der Waals surface area contributed by atoms with Gasteiger partial charge < -0.3 is 16.0 Å². The Labute approximate surface area is 156 Å². The topological polar surface area (TPSA) is 61.6 Å². The van der Waals surface area contributed by atoms with Gasteiger partial charge in [-0.15, -0.1) is 0 Å². The van der Waals surface area contributed by atoms with Gasteiger partial charge in [-0.1, -0.05) is 19.3 Å². The van der Waals surface area contributed by atoms with Crippen molar-refractivity contribution in [3.63, 3.8) is 0 Å². The van der Waals surface area contributed by atoms with Crippen LogP contribution in [0.4, 0.5) is 4.39 Å². The number of amides is 1. The van der Waals surface area contributed by atoms with Gasteiger partial charge >= 0.3 is 0 Å². The highest BCUT2D eigenvalue weighted by Gasteiger charge is 2.44. The summed E-state index contributed by atoms with van der Waals surface area (Å²) in [5.74, 6) is 0.913. The number of carbonyl (C=O) groups is 1. The molecule has 5 nitrogen and oxygen atoms in total. The number of piperidine rings is 2. The van der Waals surface area contributed by atoms with E-state index in [9.17, 15) is 9.18 Å². The predicted octanol–water partition coefficient (Wildman–Crippen LogP) is 1.66. The third kappa shape index (κ3) is 3.65. The molecule has 0 aromatic rings. The van der Waals surface area contributed by atoms with Gasteiger partial charge in [0.2, 0.25) is 5.91 Å². The molecule has 0 bridgehead atoms. The van der Waals surface area contributed by atoms with Gasteiger partial charge in [0.1, 0.15) is 6.17 Å². The standard InChI is InChI=1S/C20H35FN4O/c21-16-13-23-19(14-5-2-1-3-6-14)18(22)20(16)24-11-8-15(9-12-24)25-10-4-7-17(25)26/h14-16,18-20,23H,1-13,22H2. The lowest BCUT2D eigenvalue weighted by atomic mass is 9.76. The van der Waals surface area contributed by atoms with Crippen LogP contribution in [0, 0.1) is 5.92 Å². The molecule has 0 spiro atoms. The fourth-order valence-corrected chi connectivity index (χ4v) is 5.96. The summed E-state index contributed by atoms with van der Waals surface area (Å²) in [5.41, 5.74) is 6.65. The van der Waals surface area contributed by atoms with Gasteiger partial charge in [-0.3, -0.25) is 9.69 Å². The first kappa shape index (κ1) is 18.6. The normalized spacial score (nSPS) is 38.8. The fraction of sp³-hybridized carbons (Fsp3) is 0.950. The van der Waals surface area contributed by atoms with E-state index in [1.54, 1.807) is 0 Å². The van der Waals surface area contributed by atoms with Gasteiger partial charge in [0, 0.05) is 50.7 Å². The molecule has 148 valence electrons. The highest BCUT2D eigenvalue weighted by Crippen LogP contribution is 2.32. The summed E-state index contributed by atoms with van der Waals surface area (Å²) < 4.78 is 14.8. The van der Waals surface area contributed by atoms with Crippen molar-refractivity contribution in [1.82, 2.24) is 15.1 Å². The first-order valence-electron chi connectivity index (χ1n) is 10.8. The van der Waals surface area contributed by atoms with Crippen LogP contribution in [0.15, 0.2) is 0 Å². The second-order valence-corrected chi connectivity index (χ2v) is 8.87. The minimum absolute atomic E-state index is 0.133. The number of rotatable bonds is 3. The number of alkyl halides is 1. The lowest BCUT2D eigenvalue weighted by Crippen LogP contribution is -2.69. The van der Waals surface area contributed by atoms with E-state index in [0.717, 1.165) is 38.9 Å². The number of nitrogens with one attached hydrogen (secondary N) is 1. The van der Waals surface area contributed by atoms with E-state index in [2.05, 4.69) is 15.1 Å². The molecular formula is C20H35FN4O. The van der Waals surface area contributed by atoms with E-state index >= 15 is 0 Å². The Morgan fingerprint density at radius 3 is 2.38 bits per heavy atom. The van der Waals surface area contributed by atoms with Gasteiger partial charge in [-0.05, 0) is 38.0 Å². The third-order valence-electron chi connectivity index (χ3n) is 7.36. The van der Waals surface area contributed by atoms with Crippen molar-refractivity contribution in [2.75, 3.05) is 26.2 Å². The van der Waals surface area contributed by atoms with E-state index in [-0.39, 0.29) is 18.1 Å². The number of hydrogen-bond acceptors (Lipinski definition) is 4. The molecule has 26 heavy (non-hydrogen) atoms. The third-order valence-corrected chi connectivity index (χ3v) is 7.36. The Morgan fingerprint density at radius 2 is 1.73 bits per heavy atom. The molecule has 3 heterocycles. The van der Waals surface area contributed by atoms with Gasteiger partial charge in [-0.25, -0.2) is 4.39 Å². The number of nitrogens with two attached hydrogens (primary N) is 1. The second-order valence-electron chi connectivity index (χ2n) is 8.87. The van der Waals surface area contributed by atoms with Crippen LogP contribution in [0.3, 0.4) is 0 Å². The van der Waals surface area contributed by atoms with E-state index < -0.39 is 6.17 Å². The van der Waals surface area contributed by atoms with Crippen LogP contribution in [-0.4, -0.2) is 72.2 Å². The monoisotopic (exact) mass is 366 g/mol. The Morgan fingerprint density at radius 1 is 1.00 bits per heavy atom. The highest BCUT2D eigenvalue weighted by molar-refractivity contribution is 5.78. The molecule has 4 aliphatic rings. The Balaban J connectivity index is 1.37. The van der Waals surface area contributed by atoms with Gasteiger partial charge in [-0.2, -0.15) is 0 Å². The number of hydrogen-bond donors (Lipinski definition) is 2. The van der Waals surface area contributed by atoms with Gasteiger partial charge in [0.25, 0.3) is 0 Å². The van der Waals surface area contributed by atoms with Crippen molar-refractivity contribution in [1.29, 1.82) is 0 Å². The lowest BCUT2D eigenvalue weighted by Gasteiger charge is -2.49. The molecule has 4 unspecified atom stereocenters. The first-order chi connectivity index (χ1) is 12.6. The lowest BCUT2D eigenvalue weighted by molar-refractivity contribution is -0.130. The molecule has 1 saturated carbocycles. The molecule has 0 aromatic heterocycles. The maximum Gasteiger partial charge on any atom is 0.222 e. The molecule has 1 aliphatic carbocycles. The van der Waals surface area contributed by atoms with Crippen LogP contribution in [0.2, 0.25) is 0 Å². The van der Waals surface area contributed by atoms with Gasteiger partial charge in [0.05, 0.1) is 6.04 Å². The number of nitrogens with zero attached hydrogens (tertiary/aromatic N) is 2. The molecule has 3 saturated heterocycles. The molecule has 4 fully saturated rings. The van der Waals surface area contributed by atoms with Crippen molar-refractivity contribution in [2.45, 2.75) is 88.1 Å². The van der Waals surface area contributed by atoms with E-state index in [1.807, 2.05) is 0 Å². The quantitative estimate of drug-likeness (QED) is 0.797. The Bertz CT molecular complexity index is 490. The average molecular weight is 367 g/mol. The number of likely N-dealkylation sites (tertiary alicyclic amines) is 2. The Hall–Kier alpha value is -0.720. The molecular weight excluding hydrogens is 331 g/mol. The van der Waals surface area contributed by atoms with E-state index in [0.29, 0.717) is 30.8 Å². The maximum absolute atomic E-state index is 14.8. The van der Waals surface area contributed by atoms with Crippen LogP contribution >= 0.6 is 0 Å². The van der Waals surface area contributed by atoms with Crippen LogP contribution in [0.1, 0.15) is 57.8 Å². The largest absolute Gasteiger partial charge is 0.340 e. The summed E-state index contributed by atoms with van der Waals surface area (Å²) in [4.78, 5) is 16.4. The summed E-state index contributed by atoms with van der Waals surface area (Å²) in [7, 11) is 0. The molecule has 4 rings (SSSR count). The molecule has 4 atom stereocenters. The van der Waals surface area contributed by atoms with Gasteiger partial charge in [0.15, 0.2) is 0 Å². The molecule has 3 aliphatic heterocycles. The van der Waals surface area contributed by atoms with Crippen molar-refractivity contribution in [2.24, 2.45) is 11.7 Å². The fourth-order valence-electron chi connectivity index (χ4n) is 5.96. The van der Waals surface area contributed by atoms with Crippen LogP contribution in [0.25, 0.3) is 0 Å². The molecule has 6 heteroatoms. The number of halogens is 1. The van der Waals surface area contributed by atoms with Crippen molar-refractivity contribution in [3.8, 4) is 0 Å². The SMILES string of the molecule is NC1C(C2CCCCC2)NCC(F)C1N1CCC(N2CCCC2=O)CC1. The average Bonchev–Trinajstić information content (AvgIpc) is 3.09. The Kier molecular flexibility index (Phi) is 5.81. The summed E-state index contributed by atoms with van der Waals surface area (Å²) >= 11 is 0. The molecule has 3 N–H and O–H groups in total. The van der Waals surface area contributed by atoms with Crippen molar-refractivity contribution in [3.05, 3.63) is 0 Å². The van der Waals surface area contributed by atoms with E-state index in [1.165, 1.54) is 32.1 Å². The minimum atomic E-state index is -0.894. The van der Waals surface area contributed by atoms with Crippen molar-refractivity contribution >= 4 is 5.91 Å². The molecule has 0 aromatic carbocycles. The summed E-state index contributed by atoms with van der Waals surface area (Å²) in [6.07, 6.45) is 9.09. The minimum Gasteiger partial charge on any atom is -0.340 e. The van der Waals surface area contributed by atoms with Crippen LogP contribution in [-0.2, 0) is 4.79 Å². The second kappa shape index (κ2) is 8.11. The zero-order valence-electron chi connectivity index (χ0n) is 15.9. The maximum atomic E-state index is 14.8. The van der Waals surface area contributed by atoms with Crippen molar-refractivity contribution < 1.29 is 9.18 Å². The van der Waals surface area contributed by atoms with Crippen LogP contribution < -0.4 is 11.1 Å². The van der Waals surface area contributed by atoms with Crippen LogP contribution in [0.5, 0.6) is 0 Å². The zero-order chi connectivity index (χ0) is 18.1. The first-order valence-corrected chi connectivity index (χ1v) is 10.8. The summed E-state index contributed by atoms with van der Waals surface area (Å²) in [6, 6.07) is 0.307. The van der Waals surface area contributed by atoms with E-state index in [4.69, 9.17) is 5.73 Å². The summed E-state index contributed by atoms with van der Waals surface area (Å²) in [5, 5.41) is 3.44. The highest BCUT2D eigenvalue weighted by atomic mass is 19.1. The number of carbonyl (C=O) groups excluding carboxylic acids is 1.